The van der Waals surface area contributed by atoms with Crippen LogP contribution in [0, 0.1) is 0 Å². The first kappa shape index (κ1) is 13.7. The van der Waals surface area contributed by atoms with Crippen molar-refractivity contribution in [1.29, 1.82) is 0 Å². The van der Waals surface area contributed by atoms with E-state index in [1.54, 1.807) is 0 Å². The molecule has 106 valence electrons. The Balaban J connectivity index is 1.72. The SMILES string of the molecule is Nc1cccc(-c2cc(CCc3ccccc3Cl)[nH]n2)c1. The number of anilines is 1. The van der Waals surface area contributed by atoms with Crippen LogP contribution in [-0.2, 0) is 12.8 Å². The zero-order valence-corrected chi connectivity index (χ0v) is 12.3. The second-order valence-electron chi connectivity index (χ2n) is 5.00. The average molecular weight is 298 g/mol. The normalized spacial score (nSPS) is 10.7. The summed E-state index contributed by atoms with van der Waals surface area (Å²) in [4.78, 5) is 0. The van der Waals surface area contributed by atoms with Gasteiger partial charge in [0, 0.05) is 22.0 Å². The van der Waals surface area contributed by atoms with Crippen molar-refractivity contribution in [3.63, 3.8) is 0 Å². The second kappa shape index (κ2) is 6.02. The number of aromatic amines is 1. The molecule has 0 saturated carbocycles. The Labute approximate surface area is 128 Å². The molecule has 4 heteroatoms. The van der Waals surface area contributed by atoms with Crippen molar-refractivity contribution in [3.05, 3.63) is 70.9 Å². The van der Waals surface area contributed by atoms with Gasteiger partial charge in [-0.2, -0.15) is 5.10 Å². The third-order valence-electron chi connectivity index (χ3n) is 3.43. The third-order valence-corrected chi connectivity index (χ3v) is 3.80. The van der Waals surface area contributed by atoms with Gasteiger partial charge in [-0.1, -0.05) is 41.9 Å². The molecule has 0 aliphatic carbocycles. The van der Waals surface area contributed by atoms with Crippen molar-refractivity contribution in [2.24, 2.45) is 0 Å². The summed E-state index contributed by atoms with van der Waals surface area (Å²) in [6.45, 7) is 0. The lowest BCUT2D eigenvalue weighted by molar-refractivity contribution is 0.893. The Kier molecular flexibility index (Phi) is 3.93. The molecule has 0 amide bonds. The molecule has 0 saturated heterocycles. The van der Waals surface area contributed by atoms with Crippen molar-refractivity contribution in [1.82, 2.24) is 10.2 Å². The Morgan fingerprint density at radius 3 is 2.67 bits per heavy atom. The summed E-state index contributed by atoms with van der Waals surface area (Å²) in [7, 11) is 0. The Morgan fingerprint density at radius 2 is 1.86 bits per heavy atom. The maximum atomic E-state index is 6.17. The fourth-order valence-corrected chi connectivity index (χ4v) is 2.54. The summed E-state index contributed by atoms with van der Waals surface area (Å²) >= 11 is 6.17. The number of halogens is 1. The van der Waals surface area contributed by atoms with Crippen LogP contribution in [0.3, 0.4) is 0 Å². The quantitative estimate of drug-likeness (QED) is 0.712. The van der Waals surface area contributed by atoms with Crippen LogP contribution in [0.25, 0.3) is 11.3 Å². The third kappa shape index (κ3) is 3.26. The standard InChI is InChI=1S/C17H16ClN3/c18-16-7-2-1-4-12(16)8-9-15-11-17(21-20-15)13-5-3-6-14(19)10-13/h1-7,10-11H,8-9,19H2,(H,20,21). The molecule has 1 heterocycles. The molecule has 0 atom stereocenters. The van der Waals surface area contributed by atoms with Gasteiger partial charge in [0.15, 0.2) is 0 Å². The maximum Gasteiger partial charge on any atom is 0.0924 e. The molecule has 21 heavy (non-hydrogen) atoms. The molecule has 3 rings (SSSR count). The highest BCUT2D eigenvalue weighted by Crippen LogP contribution is 2.21. The predicted octanol–water partition coefficient (Wildman–Crippen LogP) is 4.10. The number of nitrogens with zero attached hydrogens (tertiary/aromatic N) is 1. The van der Waals surface area contributed by atoms with E-state index in [4.69, 9.17) is 17.3 Å². The summed E-state index contributed by atoms with van der Waals surface area (Å²) in [5, 5.41) is 8.24. The Morgan fingerprint density at radius 1 is 1.00 bits per heavy atom. The van der Waals surface area contributed by atoms with Gasteiger partial charge in [0.1, 0.15) is 0 Å². The van der Waals surface area contributed by atoms with Crippen molar-refractivity contribution < 1.29 is 0 Å². The summed E-state index contributed by atoms with van der Waals surface area (Å²) in [6, 6.07) is 17.7. The van der Waals surface area contributed by atoms with E-state index in [0.717, 1.165) is 46.1 Å². The van der Waals surface area contributed by atoms with Gasteiger partial charge in [-0.3, -0.25) is 5.10 Å². The molecule has 0 radical (unpaired) electrons. The van der Waals surface area contributed by atoms with Crippen LogP contribution in [0.4, 0.5) is 5.69 Å². The van der Waals surface area contributed by atoms with Gasteiger partial charge < -0.3 is 5.73 Å². The van der Waals surface area contributed by atoms with Gasteiger partial charge in [-0.05, 0) is 42.7 Å². The number of aryl methyl sites for hydroxylation is 2. The highest BCUT2D eigenvalue weighted by molar-refractivity contribution is 6.31. The number of nitrogen functional groups attached to an aromatic ring is 1. The van der Waals surface area contributed by atoms with Crippen molar-refractivity contribution in [3.8, 4) is 11.3 Å². The largest absolute Gasteiger partial charge is 0.399 e. The number of aromatic nitrogens is 2. The van der Waals surface area contributed by atoms with E-state index in [1.807, 2.05) is 42.5 Å². The smallest absolute Gasteiger partial charge is 0.0924 e. The lowest BCUT2D eigenvalue weighted by atomic mass is 10.1. The van der Waals surface area contributed by atoms with Crippen molar-refractivity contribution in [2.75, 3.05) is 5.73 Å². The van der Waals surface area contributed by atoms with E-state index in [9.17, 15) is 0 Å². The maximum absolute atomic E-state index is 6.17. The lowest BCUT2D eigenvalue weighted by Crippen LogP contribution is -1.92. The minimum absolute atomic E-state index is 0.744. The lowest BCUT2D eigenvalue weighted by Gasteiger charge is -2.02. The molecule has 2 aromatic carbocycles. The highest BCUT2D eigenvalue weighted by atomic mass is 35.5. The van der Waals surface area contributed by atoms with Gasteiger partial charge >= 0.3 is 0 Å². The molecule has 3 nitrogen and oxygen atoms in total. The number of rotatable bonds is 4. The van der Waals surface area contributed by atoms with Crippen LogP contribution in [0.1, 0.15) is 11.3 Å². The van der Waals surface area contributed by atoms with Crippen LogP contribution >= 0.6 is 11.6 Å². The van der Waals surface area contributed by atoms with E-state index in [2.05, 4.69) is 22.3 Å². The molecule has 1 aromatic heterocycles. The van der Waals surface area contributed by atoms with Crippen LogP contribution in [0.5, 0.6) is 0 Å². The molecule has 0 aliphatic heterocycles. The first-order valence-corrected chi connectivity index (χ1v) is 7.24. The zero-order valence-electron chi connectivity index (χ0n) is 11.5. The van der Waals surface area contributed by atoms with Crippen molar-refractivity contribution in [2.45, 2.75) is 12.8 Å². The molecule has 0 unspecified atom stereocenters. The topological polar surface area (TPSA) is 54.7 Å². The minimum atomic E-state index is 0.744. The fraction of sp³-hybridized carbons (Fsp3) is 0.118. The Hall–Kier alpha value is -2.26. The van der Waals surface area contributed by atoms with E-state index in [0.29, 0.717) is 0 Å². The number of benzene rings is 2. The van der Waals surface area contributed by atoms with E-state index in [1.165, 1.54) is 0 Å². The average Bonchev–Trinajstić information content (AvgIpc) is 2.95. The van der Waals surface area contributed by atoms with Gasteiger partial charge in [0.25, 0.3) is 0 Å². The molecular weight excluding hydrogens is 282 g/mol. The molecule has 0 fully saturated rings. The predicted molar refractivity (Wildman–Crippen MR) is 87.3 cm³/mol. The van der Waals surface area contributed by atoms with Gasteiger partial charge in [-0.15, -0.1) is 0 Å². The first-order chi connectivity index (χ1) is 10.2. The minimum Gasteiger partial charge on any atom is -0.399 e. The van der Waals surface area contributed by atoms with Gasteiger partial charge in [0.2, 0.25) is 0 Å². The van der Waals surface area contributed by atoms with E-state index >= 15 is 0 Å². The number of nitrogens with one attached hydrogen (secondary N) is 1. The molecule has 3 aromatic rings. The number of nitrogens with two attached hydrogens (primary N) is 1. The van der Waals surface area contributed by atoms with Gasteiger partial charge in [-0.25, -0.2) is 0 Å². The molecule has 3 N–H and O–H groups in total. The number of hydrogen-bond donors (Lipinski definition) is 2. The number of H-pyrrole nitrogens is 1. The highest BCUT2D eigenvalue weighted by Gasteiger charge is 2.06. The second-order valence-corrected chi connectivity index (χ2v) is 5.40. The van der Waals surface area contributed by atoms with Gasteiger partial charge in [0.05, 0.1) is 5.69 Å². The first-order valence-electron chi connectivity index (χ1n) is 6.86. The summed E-state index contributed by atoms with van der Waals surface area (Å²) < 4.78 is 0. The van der Waals surface area contributed by atoms with Crippen LogP contribution in [0.15, 0.2) is 54.6 Å². The number of hydrogen-bond acceptors (Lipinski definition) is 2. The van der Waals surface area contributed by atoms with Crippen molar-refractivity contribution >= 4 is 17.3 Å². The molecule has 0 bridgehead atoms. The summed E-state index contributed by atoms with van der Waals surface area (Å²) in [5.41, 5.74) is 10.7. The fourth-order valence-electron chi connectivity index (χ4n) is 2.31. The zero-order chi connectivity index (χ0) is 14.7. The monoisotopic (exact) mass is 297 g/mol. The van der Waals surface area contributed by atoms with Crippen LogP contribution < -0.4 is 5.73 Å². The van der Waals surface area contributed by atoms with Crippen LogP contribution in [0.2, 0.25) is 5.02 Å². The molecular formula is C17H16ClN3. The summed E-state index contributed by atoms with van der Waals surface area (Å²) in [6.07, 6.45) is 1.76. The van der Waals surface area contributed by atoms with E-state index in [-0.39, 0.29) is 0 Å². The summed E-state index contributed by atoms with van der Waals surface area (Å²) in [5.74, 6) is 0. The molecule has 0 spiro atoms. The Bertz CT molecular complexity index is 749. The van der Waals surface area contributed by atoms with E-state index < -0.39 is 0 Å². The van der Waals surface area contributed by atoms with Crippen LogP contribution in [-0.4, -0.2) is 10.2 Å². The molecule has 0 aliphatic rings.